The second kappa shape index (κ2) is 3.94. The lowest BCUT2D eigenvalue weighted by molar-refractivity contribution is -0.232. The molecule has 4 nitrogen and oxygen atoms in total. The average molecular weight is 212 g/mol. The van der Waals surface area contributed by atoms with Gasteiger partial charge in [0.1, 0.15) is 0 Å². The van der Waals surface area contributed by atoms with E-state index in [1.54, 1.807) is 5.06 Å². The van der Waals surface area contributed by atoms with Crippen molar-refractivity contribution in [2.75, 3.05) is 13.1 Å². The number of piperazine rings is 1. The molecular weight excluding hydrogens is 192 g/mol. The maximum atomic E-state index is 11.2. The summed E-state index contributed by atoms with van der Waals surface area (Å²) in [5.41, 5.74) is -0.351. The van der Waals surface area contributed by atoms with Crippen molar-refractivity contribution in [3.63, 3.8) is 0 Å². The fourth-order valence-corrected chi connectivity index (χ4v) is 1.58. The molecule has 0 aromatic rings. The van der Waals surface area contributed by atoms with Crippen LogP contribution in [0.25, 0.3) is 0 Å². The summed E-state index contributed by atoms with van der Waals surface area (Å²) < 4.78 is 0. The lowest BCUT2D eigenvalue weighted by Gasteiger charge is -2.51. The van der Waals surface area contributed by atoms with Gasteiger partial charge in [-0.3, -0.25) is 0 Å². The Morgan fingerprint density at radius 2 is 2.07 bits per heavy atom. The molecule has 1 saturated heterocycles. The van der Waals surface area contributed by atoms with Crippen molar-refractivity contribution in [1.29, 1.82) is 0 Å². The van der Waals surface area contributed by atoms with E-state index in [9.17, 15) is 4.79 Å². The fraction of sp³-hybridized carbons (Fsp3) is 0.727. The molecule has 1 fully saturated rings. The summed E-state index contributed by atoms with van der Waals surface area (Å²) in [7, 11) is 0. The molecule has 4 heteroatoms. The van der Waals surface area contributed by atoms with Crippen LogP contribution in [-0.2, 0) is 9.63 Å². The number of hydroxylamine groups is 2. The number of carbonyl (C=O) groups excluding carboxylic acids is 1. The summed E-state index contributed by atoms with van der Waals surface area (Å²) in [5.74, 6) is -0.402. The molecule has 0 spiro atoms. The lowest BCUT2D eigenvalue weighted by atomic mass is 9.80. The van der Waals surface area contributed by atoms with Crippen LogP contribution in [0.5, 0.6) is 0 Å². The molecular formula is C11H20N2O2. The van der Waals surface area contributed by atoms with E-state index >= 15 is 0 Å². The molecule has 1 aliphatic heterocycles. The van der Waals surface area contributed by atoms with Crippen molar-refractivity contribution in [2.24, 2.45) is 0 Å². The molecule has 0 radical (unpaired) electrons. The zero-order valence-corrected chi connectivity index (χ0v) is 9.96. The van der Waals surface area contributed by atoms with Gasteiger partial charge in [-0.1, -0.05) is 6.58 Å². The predicted molar refractivity (Wildman–Crippen MR) is 59.2 cm³/mol. The Kier molecular flexibility index (Phi) is 3.21. The highest BCUT2D eigenvalue weighted by Crippen LogP contribution is 2.30. The minimum Gasteiger partial charge on any atom is -0.364 e. The molecule has 1 N–H and O–H groups in total. The second-order valence-electron chi connectivity index (χ2n) is 4.83. The summed E-state index contributed by atoms with van der Waals surface area (Å²) in [5, 5.41) is 5.14. The van der Waals surface area contributed by atoms with Crippen molar-refractivity contribution in [1.82, 2.24) is 10.4 Å². The van der Waals surface area contributed by atoms with Crippen molar-refractivity contribution in [2.45, 2.75) is 38.8 Å². The van der Waals surface area contributed by atoms with Gasteiger partial charge in [0.2, 0.25) is 0 Å². The Morgan fingerprint density at radius 3 is 2.60 bits per heavy atom. The number of carbonyl (C=O) groups is 1. The average Bonchev–Trinajstić information content (AvgIpc) is 2.13. The van der Waals surface area contributed by atoms with Crippen molar-refractivity contribution in [3.05, 3.63) is 12.7 Å². The van der Waals surface area contributed by atoms with Gasteiger partial charge in [0.25, 0.3) is 0 Å². The molecule has 0 aromatic carbocycles. The zero-order chi connectivity index (χ0) is 11.7. The van der Waals surface area contributed by atoms with Crippen LogP contribution >= 0.6 is 0 Å². The molecule has 0 aromatic heterocycles. The van der Waals surface area contributed by atoms with Crippen LogP contribution in [0.2, 0.25) is 0 Å². The molecule has 15 heavy (non-hydrogen) atoms. The number of nitrogens with one attached hydrogen (secondary N) is 1. The highest BCUT2D eigenvalue weighted by atomic mass is 16.7. The van der Waals surface area contributed by atoms with Gasteiger partial charge >= 0.3 is 5.97 Å². The maximum Gasteiger partial charge on any atom is 0.349 e. The maximum absolute atomic E-state index is 11.2. The van der Waals surface area contributed by atoms with Gasteiger partial charge in [-0.2, -0.15) is 0 Å². The number of hydrogen-bond acceptors (Lipinski definition) is 4. The van der Waals surface area contributed by atoms with Crippen molar-refractivity contribution < 1.29 is 9.63 Å². The summed E-state index contributed by atoms with van der Waals surface area (Å²) >= 11 is 0. The summed E-state index contributed by atoms with van der Waals surface area (Å²) in [4.78, 5) is 16.4. The minimum atomic E-state index is -0.402. The molecule has 86 valence electrons. The van der Waals surface area contributed by atoms with Gasteiger partial charge in [-0.05, 0) is 27.7 Å². The van der Waals surface area contributed by atoms with Crippen LogP contribution in [0, 0.1) is 0 Å². The van der Waals surface area contributed by atoms with Crippen LogP contribution in [-0.4, -0.2) is 35.2 Å². The first kappa shape index (κ1) is 12.2. The Bertz CT molecular complexity index is 272. The highest BCUT2D eigenvalue weighted by molar-refractivity contribution is 5.80. The molecule has 1 aliphatic rings. The van der Waals surface area contributed by atoms with E-state index in [1.807, 2.05) is 0 Å². The summed E-state index contributed by atoms with van der Waals surface area (Å²) in [6.45, 7) is 13.2. The highest BCUT2D eigenvalue weighted by Gasteiger charge is 2.46. The van der Waals surface area contributed by atoms with Gasteiger partial charge in [-0.25, -0.2) is 4.79 Å². The first-order chi connectivity index (χ1) is 6.81. The molecule has 0 atom stereocenters. The standard InChI is InChI=1S/C11H20N2O2/c1-6-9(14)15-13-8-7-12-10(2,3)11(13,4)5/h6,12H,1,7-8H2,2-5H3. The van der Waals surface area contributed by atoms with Gasteiger partial charge < -0.3 is 10.2 Å². The molecule has 1 heterocycles. The van der Waals surface area contributed by atoms with Gasteiger partial charge in [0, 0.05) is 24.7 Å². The first-order valence-corrected chi connectivity index (χ1v) is 5.18. The summed E-state index contributed by atoms with van der Waals surface area (Å²) in [6.07, 6.45) is 1.19. The van der Waals surface area contributed by atoms with E-state index in [0.29, 0.717) is 6.54 Å². The molecule has 0 amide bonds. The van der Waals surface area contributed by atoms with Gasteiger partial charge in [-0.15, -0.1) is 5.06 Å². The first-order valence-electron chi connectivity index (χ1n) is 5.18. The molecule has 1 rings (SSSR count). The number of rotatable bonds is 2. The molecule has 0 saturated carbocycles. The van der Waals surface area contributed by atoms with Crippen molar-refractivity contribution in [3.8, 4) is 0 Å². The van der Waals surface area contributed by atoms with Crippen LogP contribution in [0.15, 0.2) is 12.7 Å². The van der Waals surface area contributed by atoms with Gasteiger partial charge in [0.15, 0.2) is 0 Å². The van der Waals surface area contributed by atoms with Gasteiger partial charge in [0.05, 0.1) is 5.54 Å². The van der Waals surface area contributed by atoms with Crippen molar-refractivity contribution >= 4 is 5.97 Å². The topological polar surface area (TPSA) is 41.6 Å². The number of nitrogens with zero attached hydrogens (tertiary/aromatic N) is 1. The lowest BCUT2D eigenvalue weighted by Crippen LogP contribution is -2.69. The second-order valence-corrected chi connectivity index (χ2v) is 4.83. The van der Waals surface area contributed by atoms with Crippen LogP contribution < -0.4 is 5.32 Å². The Morgan fingerprint density at radius 1 is 1.47 bits per heavy atom. The SMILES string of the molecule is C=CC(=O)ON1CCNC(C)(C)C1(C)C. The predicted octanol–water partition coefficient (Wildman–Crippen LogP) is 1.09. The largest absolute Gasteiger partial charge is 0.364 e. The Balaban J connectivity index is 2.80. The third-order valence-corrected chi connectivity index (χ3v) is 3.40. The third-order valence-electron chi connectivity index (χ3n) is 3.40. The third kappa shape index (κ3) is 2.21. The Labute approximate surface area is 91.2 Å². The quantitative estimate of drug-likeness (QED) is 0.696. The normalized spacial score (nSPS) is 24.5. The van der Waals surface area contributed by atoms with Crippen LogP contribution in [0.4, 0.5) is 0 Å². The van der Waals surface area contributed by atoms with Crippen LogP contribution in [0.3, 0.4) is 0 Å². The monoisotopic (exact) mass is 212 g/mol. The fourth-order valence-electron chi connectivity index (χ4n) is 1.58. The van der Waals surface area contributed by atoms with E-state index in [1.165, 1.54) is 6.08 Å². The Hall–Kier alpha value is -0.870. The van der Waals surface area contributed by atoms with E-state index in [-0.39, 0.29) is 11.1 Å². The van der Waals surface area contributed by atoms with E-state index < -0.39 is 5.97 Å². The smallest absolute Gasteiger partial charge is 0.349 e. The van der Waals surface area contributed by atoms with E-state index in [0.717, 1.165) is 6.54 Å². The minimum absolute atomic E-state index is 0.104. The van der Waals surface area contributed by atoms with E-state index in [2.05, 4.69) is 39.6 Å². The summed E-state index contributed by atoms with van der Waals surface area (Å²) in [6, 6.07) is 0. The van der Waals surface area contributed by atoms with E-state index in [4.69, 9.17) is 4.84 Å². The molecule has 0 aliphatic carbocycles. The molecule has 0 unspecified atom stereocenters. The number of hydrogen-bond donors (Lipinski definition) is 1. The van der Waals surface area contributed by atoms with Crippen LogP contribution in [0.1, 0.15) is 27.7 Å². The zero-order valence-electron chi connectivity index (χ0n) is 9.96. The molecule has 0 bridgehead atoms.